The van der Waals surface area contributed by atoms with Crippen LogP contribution in [0.3, 0.4) is 0 Å². The fourth-order valence-corrected chi connectivity index (χ4v) is 1.80. The van der Waals surface area contributed by atoms with Crippen molar-refractivity contribution in [3.05, 3.63) is 64.1 Å². The van der Waals surface area contributed by atoms with Crippen LogP contribution in [0, 0.1) is 0 Å². The molecule has 1 atom stereocenters. The molecule has 0 spiro atoms. The molecule has 5 heteroatoms. The molecule has 1 aromatic heterocycles. The van der Waals surface area contributed by atoms with E-state index in [1.807, 2.05) is 31.3 Å². The molecule has 1 aromatic carbocycles. The lowest BCUT2D eigenvalue weighted by Gasteiger charge is -2.11. The predicted molar refractivity (Wildman–Crippen MR) is 78.9 cm³/mol. The van der Waals surface area contributed by atoms with Gasteiger partial charge in [0.05, 0.1) is 0 Å². The zero-order valence-corrected chi connectivity index (χ0v) is 11.4. The van der Waals surface area contributed by atoms with Gasteiger partial charge in [-0.15, -0.1) is 0 Å². The van der Waals surface area contributed by atoms with Crippen LogP contribution >= 0.6 is 0 Å². The van der Waals surface area contributed by atoms with Crippen LogP contribution in [-0.2, 0) is 0 Å². The molecule has 5 nitrogen and oxygen atoms in total. The number of amides is 1. The summed E-state index contributed by atoms with van der Waals surface area (Å²) in [6, 6.07) is 12.3. The predicted octanol–water partition coefficient (Wildman–Crippen LogP) is 1.91. The van der Waals surface area contributed by atoms with Gasteiger partial charge in [0.2, 0.25) is 5.56 Å². The van der Waals surface area contributed by atoms with Gasteiger partial charge in [-0.2, -0.15) is 0 Å². The fourth-order valence-electron chi connectivity index (χ4n) is 1.80. The molecule has 0 aliphatic heterocycles. The van der Waals surface area contributed by atoms with E-state index in [2.05, 4.69) is 22.5 Å². The number of nitrogens with one attached hydrogen (secondary N) is 3. The average molecular weight is 271 g/mol. The zero-order chi connectivity index (χ0) is 14.5. The number of H-pyrrole nitrogens is 1. The van der Waals surface area contributed by atoms with Gasteiger partial charge in [0.15, 0.2) is 0 Å². The molecule has 0 radical (unpaired) electrons. The maximum atomic E-state index is 11.9. The van der Waals surface area contributed by atoms with Gasteiger partial charge in [0.25, 0.3) is 5.91 Å². The van der Waals surface area contributed by atoms with Gasteiger partial charge >= 0.3 is 0 Å². The van der Waals surface area contributed by atoms with Gasteiger partial charge in [-0.05, 0) is 37.7 Å². The van der Waals surface area contributed by atoms with Crippen LogP contribution in [0.5, 0.6) is 0 Å². The number of rotatable bonds is 4. The summed E-state index contributed by atoms with van der Waals surface area (Å²) >= 11 is 0. The van der Waals surface area contributed by atoms with E-state index in [-0.39, 0.29) is 23.2 Å². The fraction of sp³-hybridized carbons (Fsp3) is 0.200. The lowest BCUT2D eigenvalue weighted by molar-refractivity contribution is 0.102. The quantitative estimate of drug-likeness (QED) is 0.795. The Kier molecular flexibility index (Phi) is 4.32. The van der Waals surface area contributed by atoms with Crippen molar-refractivity contribution < 1.29 is 4.79 Å². The van der Waals surface area contributed by atoms with Crippen molar-refractivity contribution in [3.63, 3.8) is 0 Å². The van der Waals surface area contributed by atoms with Crippen LogP contribution in [0.1, 0.15) is 29.0 Å². The number of aromatic nitrogens is 1. The highest BCUT2D eigenvalue weighted by Gasteiger charge is 2.07. The molecule has 1 amide bonds. The molecule has 2 rings (SSSR count). The van der Waals surface area contributed by atoms with Gasteiger partial charge in [0.1, 0.15) is 5.69 Å². The van der Waals surface area contributed by atoms with E-state index >= 15 is 0 Å². The summed E-state index contributed by atoms with van der Waals surface area (Å²) < 4.78 is 0. The van der Waals surface area contributed by atoms with E-state index in [0.29, 0.717) is 5.69 Å². The number of aromatic amines is 1. The van der Waals surface area contributed by atoms with Crippen LogP contribution in [-0.4, -0.2) is 17.9 Å². The lowest BCUT2D eigenvalue weighted by Crippen LogP contribution is -2.18. The summed E-state index contributed by atoms with van der Waals surface area (Å²) in [6.07, 6.45) is 0. The van der Waals surface area contributed by atoms with Crippen molar-refractivity contribution in [2.45, 2.75) is 13.0 Å². The van der Waals surface area contributed by atoms with Crippen molar-refractivity contribution in [3.8, 4) is 0 Å². The number of pyridine rings is 1. The first kappa shape index (κ1) is 14.0. The summed E-state index contributed by atoms with van der Waals surface area (Å²) in [5, 5.41) is 5.89. The van der Waals surface area contributed by atoms with Crippen LogP contribution < -0.4 is 16.2 Å². The van der Waals surface area contributed by atoms with Gasteiger partial charge in [-0.3, -0.25) is 9.59 Å². The van der Waals surface area contributed by atoms with E-state index in [1.54, 1.807) is 12.1 Å². The van der Waals surface area contributed by atoms with Gasteiger partial charge in [-0.1, -0.05) is 18.2 Å². The second-order valence-electron chi connectivity index (χ2n) is 4.52. The first-order valence-corrected chi connectivity index (χ1v) is 6.38. The van der Waals surface area contributed by atoms with E-state index in [4.69, 9.17) is 0 Å². The minimum atomic E-state index is -0.336. The summed E-state index contributed by atoms with van der Waals surface area (Å²) in [5.41, 5.74) is 1.77. The third-order valence-corrected chi connectivity index (χ3v) is 3.11. The Balaban J connectivity index is 2.10. The number of benzene rings is 1. The van der Waals surface area contributed by atoms with E-state index in [1.165, 1.54) is 6.07 Å². The molecule has 0 aliphatic rings. The highest BCUT2D eigenvalue weighted by Crippen LogP contribution is 2.15. The Morgan fingerprint density at radius 3 is 2.45 bits per heavy atom. The highest BCUT2D eigenvalue weighted by molar-refractivity contribution is 6.02. The molecule has 0 bridgehead atoms. The monoisotopic (exact) mass is 271 g/mol. The molecule has 0 aliphatic carbocycles. The van der Waals surface area contributed by atoms with Crippen LogP contribution in [0.25, 0.3) is 0 Å². The Hall–Kier alpha value is -2.40. The number of hydrogen-bond donors (Lipinski definition) is 3. The molecule has 104 valence electrons. The first-order valence-electron chi connectivity index (χ1n) is 6.38. The minimum Gasteiger partial charge on any atom is -0.321 e. The van der Waals surface area contributed by atoms with E-state index in [0.717, 1.165) is 5.56 Å². The summed E-state index contributed by atoms with van der Waals surface area (Å²) in [4.78, 5) is 25.6. The molecular formula is C15H17N3O2. The summed E-state index contributed by atoms with van der Waals surface area (Å²) in [7, 11) is 1.89. The average Bonchev–Trinajstić information content (AvgIpc) is 2.47. The van der Waals surface area contributed by atoms with E-state index < -0.39 is 0 Å². The Bertz CT molecular complexity index is 647. The van der Waals surface area contributed by atoms with Crippen molar-refractivity contribution in [2.24, 2.45) is 0 Å². The van der Waals surface area contributed by atoms with Gasteiger partial charge < -0.3 is 15.6 Å². The SMILES string of the molecule is CNC(C)c1ccc(NC(=O)c2cccc(=O)[nH]2)cc1. The standard InChI is InChI=1S/C15H17N3O2/c1-10(16-2)11-6-8-12(9-7-11)17-15(20)13-4-3-5-14(19)18-13/h3-10,16H,1-2H3,(H,17,20)(H,18,19). The molecule has 0 saturated heterocycles. The Morgan fingerprint density at radius 2 is 1.85 bits per heavy atom. The second-order valence-corrected chi connectivity index (χ2v) is 4.52. The first-order chi connectivity index (χ1) is 9.60. The summed E-state index contributed by atoms with van der Waals surface area (Å²) in [6.45, 7) is 2.06. The van der Waals surface area contributed by atoms with Crippen molar-refractivity contribution in [2.75, 3.05) is 12.4 Å². The smallest absolute Gasteiger partial charge is 0.272 e. The molecule has 3 N–H and O–H groups in total. The van der Waals surface area contributed by atoms with Crippen molar-refractivity contribution in [1.29, 1.82) is 0 Å². The van der Waals surface area contributed by atoms with Crippen LogP contribution in [0.15, 0.2) is 47.3 Å². The molecule has 2 aromatic rings. The van der Waals surface area contributed by atoms with Gasteiger partial charge in [-0.25, -0.2) is 0 Å². The molecule has 0 saturated carbocycles. The number of hydrogen-bond acceptors (Lipinski definition) is 3. The van der Waals surface area contributed by atoms with E-state index in [9.17, 15) is 9.59 Å². The number of carbonyl (C=O) groups excluding carboxylic acids is 1. The maximum Gasteiger partial charge on any atom is 0.272 e. The molecule has 1 unspecified atom stereocenters. The summed E-state index contributed by atoms with van der Waals surface area (Å²) in [5.74, 6) is -0.336. The second kappa shape index (κ2) is 6.16. The van der Waals surface area contributed by atoms with Crippen molar-refractivity contribution >= 4 is 11.6 Å². The molecular weight excluding hydrogens is 254 g/mol. The van der Waals surface area contributed by atoms with Crippen molar-refractivity contribution in [1.82, 2.24) is 10.3 Å². The normalized spacial score (nSPS) is 11.9. The van der Waals surface area contributed by atoms with Gasteiger partial charge in [0, 0.05) is 17.8 Å². The topological polar surface area (TPSA) is 74.0 Å². The third kappa shape index (κ3) is 3.33. The van der Waals surface area contributed by atoms with Crippen LogP contribution in [0.2, 0.25) is 0 Å². The number of carbonyl (C=O) groups is 1. The largest absolute Gasteiger partial charge is 0.321 e. The lowest BCUT2D eigenvalue weighted by atomic mass is 10.1. The molecule has 20 heavy (non-hydrogen) atoms. The third-order valence-electron chi connectivity index (χ3n) is 3.11. The van der Waals surface area contributed by atoms with Crippen LogP contribution in [0.4, 0.5) is 5.69 Å². The molecule has 0 fully saturated rings. The highest BCUT2D eigenvalue weighted by atomic mass is 16.2. The zero-order valence-electron chi connectivity index (χ0n) is 11.4. The Labute approximate surface area is 117 Å². The minimum absolute atomic E-state index is 0.241. The maximum absolute atomic E-state index is 11.9. The Morgan fingerprint density at radius 1 is 1.15 bits per heavy atom. The molecule has 1 heterocycles. The number of anilines is 1.